The largest absolute Gasteiger partial charge is 0.493 e. The Morgan fingerprint density at radius 2 is 1.81 bits per heavy atom. The minimum atomic E-state index is 0.126. The van der Waals surface area contributed by atoms with Crippen LogP contribution in [0.1, 0.15) is 22.3 Å². The Morgan fingerprint density at radius 3 is 2.44 bits per heavy atom. The Hall–Kier alpha value is -2.34. The highest BCUT2D eigenvalue weighted by molar-refractivity contribution is 9.10. The lowest BCUT2D eigenvalue weighted by Crippen LogP contribution is -2.49. The van der Waals surface area contributed by atoms with Gasteiger partial charge in [-0.15, -0.1) is 0 Å². The van der Waals surface area contributed by atoms with Crippen LogP contribution in [-0.4, -0.2) is 49.9 Å². The van der Waals surface area contributed by atoms with Crippen molar-refractivity contribution in [3.8, 4) is 5.75 Å². The maximum absolute atomic E-state index is 12.4. The fourth-order valence-electron chi connectivity index (χ4n) is 3.16. The van der Waals surface area contributed by atoms with Gasteiger partial charge >= 0.3 is 0 Å². The number of anilines is 1. The van der Waals surface area contributed by atoms with Crippen molar-refractivity contribution in [1.82, 2.24) is 4.90 Å². The number of amides is 1. The number of hydrogen-bond acceptors (Lipinski definition) is 4. The van der Waals surface area contributed by atoms with Gasteiger partial charge in [-0.1, -0.05) is 15.9 Å². The second-order valence-electron chi connectivity index (χ2n) is 6.59. The summed E-state index contributed by atoms with van der Waals surface area (Å²) < 4.78 is 6.77. The lowest BCUT2D eigenvalue weighted by molar-refractivity contribution is -0.132. The lowest BCUT2D eigenvalue weighted by atomic mass is 10.2. The molecule has 0 spiro atoms. The van der Waals surface area contributed by atoms with Crippen LogP contribution < -0.4 is 9.64 Å². The summed E-state index contributed by atoms with van der Waals surface area (Å²) in [7, 11) is 0. The van der Waals surface area contributed by atoms with E-state index < -0.39 is 0 Å². The molecule has 0 radical (unpaired) electrons. The van der Waals surface area contributed by atoms with Gasteiger partial charge in [0.15, 0.2) is 0 Å². The lowest BCUT2D eigenvalue weighted by Gasteiger charge is -2.36. The molecule has 0 unspecified atom stereocenters. The van der Waals surface area contributed by atoms with E-state index in [-0.39, 0.29) is 5.91 Å². The summed E-state index contributed by atoms with van der Waals surface area (Å²) in [5, 5.41) is 0. The molecule has 1 aliphatic rings. The number of carbonyl (C=O) groups excluding carboxylic acids is 2. The van der Waals surface area contributed by atoms with Crippen LogP contribution in [0, 0.1) is 6.92 Å². The van der Waals surface area contributed by atoms with Gasteiger partial charge < -0.3 is 14.5 Å². The van der Waals surface area contributed by atoms with Gasteiger partial charge in [-0.25, -0.2) is 0 Å². The number of halogens is 1. The molecule has 6 heteroatoms. The van der Waals surface area contributed by atoms with Crippen LogP contribution in [0.3, 0.4) is 0 Å². The van der Waals surface area contributed by atoms with Gasteiger partial charge in [0.2, 0.25) is 5.91 Å². The third-order valence-electron chi connectivity index (χ3n) is 4.74. The average Bonchev–Trinajstić information content (AvgIpc) is 2.70. The Labute approximate surface area is 168 Å². The van der Waals surface area contributed by atoms with Crippen LogP contribution in [-0.2, 0) is 4.79 Å². The molecule has 1 heterocycles. The van der Waals surface area contributed by atoms with Gasteiger partial charge in [0.1, 0.15) is 12.0 Å². The van der Waals surface area contributed by atoms with Crippen molar-refractivity contribution in [3.05, 3.63) is 58.1 Å². The van der Waals surface area contributed by atoms with Gasteiger partial charge in [-0.3, -0.25) is 9.59 Å². The zero-order valence-electron chi connectivity index (χ0n) is 15.4. The molecule has 0 aliphatic carbocycles. The van der Waals surface area contributed by atoms with Crippen molar-refractivity contribution in [1.29, 1.82) is 0 Å². The van der Waals surface area contributed by atoms with E-state index in [0.29, 0.717) is 31.7 Å². The zero-order valence-corrected chi connectivity index (χ0v) is 16.9. The van der Waals surface area contributed by atoms with E-state index in [0.717, 1.165) is 40.8 Å². The molecule has 1 amide bonds. The molecular weight excluding hydrogens is 408 g/mol. The predicted octanol–water partition coefficient (Wildman–Crippen LogP) is 3.69. The predicted molar refractivity (Wildman–Crippen MR) is 110 cm³/mol. The van der Waals surface area contributed by atoms with E-state index in [1.807, 2.05) is 54.3 Å². The van der Waals surface area contributed by atoms with Crippen LogP contribution >= 0.6 is 15.9 Å². The normalized spacial score (nSPS) is 14.1. The van der Waals surface area contributed by atoms with Gasteiger partial charge in [-0.2, -0.15) is 0 Å². The van der Waals surface area contributed by atoms with Crippen molar-refractivity contribution < 1.29 is 14.3 Å². The molecule has 5 nitrogen and oxygen atoms in total. The SMILES string of the molecule is Cc1cc(Br)ccc1OCCC(=O)N1CCN(c2ccc(C=O)cc2)CC1. The minimum absolute atomic E-state index is 0.126. The molecule has 1 aliphatic heterocycles. The number of aryl methyl sites for hydroxylation is 1. The van der Waals surface area contributed by atoms with E-state index in [9.17, 15) is 9.59 Å². The van der Waals surface area contributed by atoms with Crippen LogP contribution in [0.4, 0.5) is 5.69 Å². The second kappa shape index (κ2) is 9.04. The maximum Gasteiger partial charge on any atom is 0.226 e. The molecule has 0 bridgehead atoms. The second-order valence-corrected chi connectivity index (χ2v) is 7.50. The number of nitrogens with zero attached hydrogens (tertiary/aromatic N) is 2. The summed E-state index contributed by atoms with van der Waals surface area (Å²) in [5.74, 6) is 0.940. The summed E-state index contributed by atoms with van der Waals surface area (Å²) in [5.41, 5.74) is 2.81. The maximum atomic E-state index is 12.4. The topological polar surface area (TPSA) is 49.9 Å². The number of hydrogen-bond donors (Lipinski definition) is 0. The van der Waals surface area contributed by atoms with E-state index in [1.165, 1.54) is 0 Å². The smallest absolute Gasteiger partial charge is 0.226 e. The molecule has 2 aromatic rings. The number of rotatable bonds is 6. The van der Waals surface area contributed by atoms with E-state index in [2.05, 4.69) is 20.8 Å². The molecule has 0 atom stereocenters. The van der Waals surface area contributed by atoms with Crippen LogP contribution in [0.2, 0.25) is 0 Å². The van der Waals surface area contributed by atoms with Crippen molar-refractivity contribution >= 4 is 33.8 Å². The van der Waals surface area contributed by atoms with Crippen molar-refractivity contribution in [2.24, 2.45) is 0 Å². The summed E-state index contributed by atoms with van der Waals surface area (Å²) in [6.45, 7) is 5.35. The molecule has 27 heavy (non-hydrogen) atoms. The summed E-state index contributed by atoms with van der Waals surface area (Å²) in [6, 6.07) is 13.4. The molecule has 1 saturated heterocycles. The standard InChI is InChI=1S/C21H23BrN2O3/c1-16-14-18(22)4-7-20(16)27-13-8-21(26)24-11-9-23(10-12-24)19-5-2-17(15-25)3-6-19/h2-7,14-15H,8-13H2,1H3. The number of piperazine rings is 1. The van der Waals surface area contributed by atoms with Crippen LogP contribution in [0.15, 0.2) is 46.9 Å². The number of aldehydes is 1. The molecule has 0 aromatic heterocycles. The quantitative estimate of drug-likeness (QED) is 0.655. The first-order chi connectivity index (χ1) is 13.1. The van der Waals surface area contributed by atoms with Crippen LogP contribution in [0.5, 0.6) is 5.75 Å². The van der Waals surface area contributed by atoms with Crippen LogP contribution in [0.25, 0.3) is 0 Å². The fourth-order valence-corrected chi connectivity index (χ4v) is 3.63. The summed E-state index contributed by atoms with van der Waals surface area (Å²) in [4.78, 5) is 27.3. The Bertz CT molecular complexity index is 800. The van der Waals surface area contributed by atoms with E-state index in [1.54, 1.807) is 0 Å². The Morgan fingerprint density at radius 1 is 1.11 bits per heavy atom. The summed E-state index contributed by atoms with van der Waals surface area (Å²) in [6.07, 6.45) is 1.22. The van der Waals surface area contributed by atoms with Crippen molar-refractivity contribution in [2.45, 2.75) is 13.3 Å². The number of carbonyl (C=O) groups is 2. The number of benzene rings is 2. The van der Waals surface area contributed by atoms with Gasteiger partial charge in [0.05, 0.1) is 13.0 Å². The molecule has 0 saturated carbocycles. The monoisotopic (exact) mass is 430 g/mol. The van der Waals surface area contributed by atoms with Gasteiger partial charge in [0, 0.05) is 41.9 Å². The van der Waals surface area contributed by atoms with Gasteiger partial charge in [0.25, 0.3) is 0 Å². The highest BCUT2D eigenvalue weighted by Crippen LogP contribution is 2.22. The number of ether oxygens (including phenoxy) is 1. The van der Waals surface area contributed by atoms with Gasteiger partial charge in [-0.05, 0) is 55.0 Å². The highest BCUT2D eigenvalue weighted by atomic mass is 79.9. The summed E-state index contributed by atoms with van der Waals surface area (Å²) >= 11 is 3.43. The highest BCUT2D eigenvalue weighted by Gasteiger charge is 2.21. The minimum Gasteiger partial charge on any atom is -0.493 e. The molecule has 3 rings (SSSR count). The third-order valence-corrected chi connectivity index (χ3v) is 5.23. The zero-order chi connectivity index (χ0) is 19.2. The first-order valence-corrected chi connectivity index (χ1v) is 9.83. The Balaban J connectivity index is 1.44. The molecule has 1 fully saturated rings. The molecular formula is C21H23BrN2O3. The van der Waals surface area contributed by atoms with Crippen molar-refractivity contribution in [3.63, 3.8) is 0 Å². The first-order valence-electron chi connectivity index (χ1n) is 9.04. The van der Waals surface area contributed by atoms with E-state index in [4.69, 9.17) is 4.74 Å². The van der Waals surface area contributed by atoms with E-state index >= 15 is 0 Å². The molecule has 0 N–H and O–H groups in total. The first kappa shape index (κ1) is 19.4. The third kappa shape index (κ3) is 5.10. The fraction of sp³-hybridized carbons (Fsp3) is 0.333. The Kier molecular flexibility index (Phi) is 6.50. The molecule has 2 aromatic carbocycles. The molecule has 142 valence electrons. The average molecular weight is 431 g/mol. The van der Waals surface area contributed by atoms with Crippen molar-refractivity contribution in [2.75, 3.05) is 37.7 Å².